The standard InChI is InChI=1S/C9H12ClN3O2S.ClH/c10-8-1-2-9(13-12-8)16(14,15)7-3-5-11-6-4-7;/h1-2,7,11H,3-6H2;1H. The second-order valence-corrected chi connectivity index (χ2v) is 6.25. The van der Waals surface area contributed by atoms with E-state index in [0.717, 1.165) is 13.1 Å². The maximum atomic E-state index is 12.1. The van der Waals surface area contributed by atoms with Crippen LogP contribution in [0.1, 0.15) is 12.8 Å². The van der Waals surface area contributed by atoms with Crippen molar-refractivity contribution in [1.29, 1.82) is 0 Å². The minimum absolute atomic E-state index is 0. The van der Waals surface area contributed by atoms with Crippen molar-refractivity contribution >= 4 is 33.8 Å². The van der Waals surface area contributed by atoms with E-state index in [1.54, 1.807) is 0 Å². The van der Waals surface area contributed by atoms with E-state index < -0.39 is 9.84 Å². The molecule has 0 aromatic carbocycles. The summed E-state index contributed by atoms with van der Waals surface area (Å²) in [6.07, 6.45) is 1.24. The molecule has 0 bridgehead atoms. The fourth-order valence-electron chi connectivity index (χ4n) is 1.73. The van der Waals surface area contributed by atoms with Crippen LogP contribution in [-0.2, 0) is 9.84 Å². The van der Waals surface area contributed by atoms with Gasteiger partial charge in [0.2, 0.25) is 0 Å². The number of nitrogens with one attached hydrogen (secondary N) is 1. The first-order valence-electron chi connectivity index (χ1n) is 5.04. The third-order valence-corrected chi connectivity index (χ3v) is 4.98. The Morgan fingerprint density at radius 1 is 1.24 bits per heavy atom. The van der Waals surface area contributed by atoms with Crippen LogP contribution in [0.4, 0.5) is 0 Å². The molecule has 1 aromatic rings. The normalized spacial score (nSPS) is 17.5. The van der Waals surface area contributed by atoms with Gasteiger partial charge in [-0.3, -0.25) is 0 Å². The fourth-order valence-corrected chi connectivity index (χ4v) is 3.44. The Balaban J connectivity index is 0.00000144. The molecule has 8 heteroatoms. The lowest BCUT2D eigenvalue weighted by Gasteiger charge is -2.21. The molecule has 0 unspecified atom stereocenters. The number of piperidine rings is 1. The molecule has 1 aliphatic heterocycles. The highest BCUT2D eigenvalue weighted by molar-refractivity contribution is 7.92. The first-order valence-corrected chi connectivity index (χ1v) is 6.97. The molecule has 0 atom stereocenters. The highest BCUT2D eigenvalue weighted by Crippen LogP contribution is 2.20. The summed E-state index contributed by atoms with van der Waals surface area (Å²) in [6, 6.07) is 2.86. The van der Waals surface area contributed by atoms with Crippen LogP contribution in [-0.4, -0.2) is 37.0 Å². The maximum Gasteiger partial charge on any atom is 0.200 e. The van der Waals surface area contributed by atoms with E-state index >= 15 is 0 Å². The Morgan fingerprint density at radius 3 is 2.41 bits per heavy atom. The molecular weight excluding hydrogens is 285 g/mol. The largest absolute Gasteiger partial charge is 0.317 e. The highest BCUT2D eigenvalue weighted by atomic mass is 35.5. The summed E-state index contributed by atoms with van der Waals surface area (Å²) >= 11 is 5.57. The number of nitrogens with zero attached hydrogens (tertiary/aromatic N) is 2. The van der Waals surface area contributed by atoms with E-state index in [4.69, 9.17) is 11.6 Å². The van der Waals surface area contributed by atoms with Crippen molar-refractivity contribution in [3.05, 3.63) is 17.3 Å². The predicted molar refractivity (Wildman–Crippen MR) is 67.4 cm³/mol. The van der Waals surface area contributed by atoms with Crippen molar-refractivity contribution < 1.29 is 8.42 Å². The van der Waals surface area contributed by atoms with E-state index in [-0.39, 0.29) is 27.8 Å². The van der Waals surface area contributed by atoms with Crippen molar-refractivity contribution in [3.63, 3.8) is 0 Å². The fraction of sp³-hybridized carbons (Fsp3) is 0.556. The minimum Gasteiger partial charge on any atom is -0.317 e. The van der Waals surface area contributed by atoms with E-state index in [2.05, 4.69) is 15.5 Å². The third-order valence-electron chi connectivity index (χ3n) is 2.62. The Bertz CT molecular complexity index is 458. The molecule has 1 N–H and O–H groups in total. The number of rotatable bonds is 2. The number of hydrogen-bond donors (Lipinski definition) is 1. The van der Waals surface area contributed by atoms with Gasteiger partial charge in [0.1, 0.15) is 0 Å². The monoisotopic (exact) mass is 297 g/mol. The first kappa shape index (κ1) is 14.6. The lowest BCUT2D eigenvalue weighted by molar-refractivity contribution is 0.494. The molecule has 1 saturated heterocycles. The van der Waals surface area contributed by atoms with Crippen molar-refractivity contribution in [2.75, 3.05) is 13.1 Å². The van der Waals surface area contributed by atoms with Gasteiger partial charge in [0.05, 0.1) is 5.25 Å². The summed E-state index contributed by atoms with van der Waals surface area (Å²) in [5, 5.41) is 10.2. The summed E-state index contributed by atoms with van der Waals surface area (Å²) in [7, 11) is -3.35. The number of hydrogen-bond acceptors (Lipinski definition) is 5. The highest BCUT2D eigenvalue weighted by Gasteiger charge is 2.30. The quantitative estimate of drug-likeness (QED) is 0.884. The first-order chi connectivity index (χ1) is 7.60. The van der Waals surface area contributed by atoms with Crippen LogP contribution < -0.4 is 5.32 Å². The van der Waals surface area contributed by atoms with Crippen LogP contribution in [0.5, 0.6) is 0 Å². The lowest BCUT2D eigenvalue weighted by atomic mass is 10.2. The lowest BCUT2D eigenvalue weighted by Crippen LogP contribution is -2.36. The van der Waals surface area contributed by atoms with Gasteiger partial charge < -0.3 is 5.32 Å². The average molecular weight is 298 g/mol. The van der Waals surface area contributed by atoms with E-state index in [1.165, 1.54) is 12.1 Å². The smallest absolute Gasteiger partial charge is 0.200 e. The van der Waals surface area contributed by atoms with Crippen molar-refractivity contribution in [2.45, 2.75) is 23.1 Å². The van der Waals surface area contributed by atoms with Crippen LogP contribution >= 0.6 is 24.0 Å². The summed E-state index contributed by atoms with van der Waals surface area (Å²) in [4.78, 5) is 0. The average Bonchev–Trinajstić information content (AvgIpc) is 2.31. The van der Waals surface area contributed by atoms with Crippen molar-refractivity contribution in [2.24, 2.45) is 0 Å². The van der Waals surface area contributed by atoms with Crippen LogP contribution in [0.3, 0.4) is 0 Å². The Labute approximate surface area is 111 Å². The molecule has 0 saturated carbocycles. The summed E-state index contributed by atoms with van der Waals surface area (Å²) < 4.78 is 24.3. The van der Waals surface area contributed by atoms with Gasteiger partial charge in [-0.2, -0.15) is 0 Å². The van der Waals surface area contributed by atoms with Gasteiger partial charge >= 0.3 is 0 Å². The molecule has 0 amide bonds. The van der Waals surface area contributed by atoms with Crippen molar-refractivity contribution in [1.82, 2.24) is 15.5 Å². The van der Waals surface area contributed by atoms with Gasteiger partial charge in [-0.25, -0.2) is 8.42 Å². The Morgan fingerprint density at radius 2 is 1.88 bits per heavy atom. The zero-order chi connectivity index (χ0) is 11.6. The molecule has 2 rings (SSSR count). The Hall–Kier alpha value is -0.430. The van der Waals surface area contributed by atoms with Crippen LogP contribution in [0.15, 0.2) is 17.2 Å². The third kappa shape index (κ3) is 3.28. The summed E-state index contributed by atoms with van der Waals surface area (Å²) in [5.74, 6) is 0. The maximum absolute atomic E-state index is 12.1. The van der Waals surface area contributed by atoms with Gasteiger partial charge in [-0.1, -0.05) is 11.6 Å². The van der Waals surface area contributed by atoms with E-state index in [0.29, 0.717) is 12.8 Å². The van der Waals surface area contributed by atoms with Gasteiger partial charge in [0, 0.05) is 0 Å². The van der Waals surface area contributed by atoms with Crippen LogP contribution in [0, 0.1) is 0 Å². The molecular formula is C9H13Cl2N3O2S. The zero-order valence-electron chi connectivity index (χ0n) is 8.97. The predicted octanol–water partition coefficient (Wildman–Crippen LogP) is 1.08. The second kappa shape index (κ2) is 5.95. The van der Waals surface area contributed by atoms with Gasteiger partial charge in [-0.05, 0) is 38.1 Å². The number of aromatic nitrogens is 2. The topological polar surface area (TPSA) is 72.0 Å². The number of halogens is 2. The summed E-state index contributed by atoms with van der Waals surface area (Å²) in [5.41, 5.74) is 0. The SMILES string of the molecule is Cl.O=S(=O)(c1ccc(Cl)nn1)C1CCNCC1. The van der Waals surface area contributed by atoms with Crippen molar-refractivity contribution in [3.8, 4) is 0 Å². The van der Waals surface area contributed by atoms with Gasteiger partial charge in [-0.15, -0.1) is 22.6 Å². The van der Waals surface area contributed by atoms with Crippen LogP contribution in [0.2, 0.25) is 5.15 Å². The van der Waals surface area contributed by atoms with Gasteiger partial charge in [0.25, 0.3) is 0 Å². The summed E-state index contributed by atoms with van der Waals surface area (Å²) in [6.45, 7) is 1.45. The molecule has 1 aliphatic rings. The molecule has 5 nitrogen and oxygen atoms in total. The number of sulfone groups is 1. The minimum atomic E-state index is -3.35. The molecule has 0 spiro atoms. The van der Waals surface area contributed by atoms with E-state index in [9.17, 15) is 8.42 Å². The Kier molecular flexibility index (Phi) is 5.12. The molecule has 1 aromatic heterocycles. The molecule has 2 heterocycles. The zero-order valence-corrected chi connectivity index (χ0v) is 11.4. The molecule has 96 valence electrons. The molecule has 17 heavy (non-hydrogen) atoms. The molecule has 0 radical (unpaired) electrons. The van der Waals surface area contributed by atoms with Crippen LogP contribution in [0.25, 0.3) is 0 Å². The second-order valence-electron chi connectivity index (χ2n) is 3.69. The molecule has 1 fully saturated rings. The molecule has 0 aliphatic carbocycles. The van der Waals surface area contributed by atoms with E-state index in [1.807, 2.05) is 0 Å². The van der Waals surface area contributed by atoms with Gasteiger partial charge in [0.15, 0.2) is 20.0 Å².